The van der Waals surface area contributed by atoms with Gasteiger partial charge < -0.3 is 23.8 Å². The van der Waals surface area contributed by atoms with Crippen LogP contribution in [0.5, 0.6) is 0 Å². The maximum atomic E-state index is 13.0. The molecule has 2 atom stereocenters. The van der Waals surface area contributed by atoms with Gasteiger partial charge in [-0.15, -0.1) is 0 Å². The van der Waals surface area contributed by atoms with E-state index >= 15 is 0 Å². The van der Waals surface area contributed by atoms with E-state index in [2.05, 4.69) is 6.07 Å². The van der Waals surface area contributed by atoms with Gasteiger partial charge in [0.15, 0.2) is 6.79 Å². The Morgan fingerprint density at radius 2 is 1.80 bits per heavy atom. The Morgan fingerprint density at radius 1 is 1.11 bits per heavy atom. The van der Waals surface area contributed by atoms with E-state index in [9.17, 15) is 14.9 Å². The summed E-state index contributed by atoms with van der Waals surface area (Å²) in [6, 6.07) is 11.5. The molecule has 0 aromatic heterocycles. The van der Waals surface area contributed by atoms with E-state index in [-0.39, 0.29) is 32.8 Å². The number of hydrogen-bond acceptors (Lipinski definition) is 10. The molecule has 10 heteroatoms. The fraction of sp³-hybridized carbons (Fsp3) is 0.600. The van der Waals surface area contributed by atoms with Gasteiger partial charge in [0.2, 0.25) is 0 Å². The molecule has 1 rings (SSSR count). The molecule has 0 aliphatic carbocycles. The smallest absolute Gasteiger partial charge is 0.321 e. The largest absolute Gasteiger partial charge is 0.464 e. The first-order valence-corrected chi connectivity index (χ1v) is 12.6. The molecule has 0 fully saturated rings. The van der Waals surface area contributed by atoms with E-state index in [4.69, 9.17) is 31.2 Å². The van der Waals surface area contributed by atoms with Crippen LogP contribution in [0.15, 0.2) is 30.3 Å². The number of ether oxygens (including phenoxy) is 4. The van der Waals surface area contributed by atoms with Crippen LogP contribution in [-0.4, -0.2) is 80.6 Å². The van der Waals surface area contributed by atoms with Crippen LogP contribution in [0.4, 0.5) is 0 Å². The van der Waals surface area contributed by atoms with Gasteiger partial charge in [0, 0.05) is 13.7 Å². The van der Waals surface area contributed by atoms with Crippen LogP contribution in [0.2, 0.25) is 0 Å². The van der Waals surface area contributed by atoms with Crippen LogP contribution in [-0.2, 0) is 28.5 Å². The lowest BCUT2D eigenvalue weighted by Gasteiger charge is -2.26. The molecule has 0 bridgehead atoms. The summed E-state index contributed by atoms with van der Waals surface area (Å²) in [4.78, 5) is 27.9. The Kier molecular flexibility index (Phi) is 14.7. The number of esters is 2. The highest BCUT2D eigenvalue weighted by Gasteiger charge is 2.35. The number of carbonyl (C=O) groups is 2. The minimum atomic E-state index is -0.784. The number of methoxy groups -OCH3 is 1. The summed E-state index contributed by atoms with van der Waals surface area (Å²) in [5, 5.41) is 8.76. The zero-order valence-electron chi connectivity index (χ0n) is 21.2. The summed E-state index contributed by atoms with van der Waals surface area (Å²) < 4.78 is 21.5. The van der Waals surface area contributed by atoms with Crippen molar-refractivity contribution in [2.75, 3.05) is 54.4 Å². The first-order chi connectivity index (χ1) is 16.6. The second-order valence-corrected chi connectivity index (χ2v) is 10.7. The molecule has 0 saturated heterocycles. The third kappa shape index (κ3) is 13.0. The van der Waals surface area contributed by atoms with Gasteiger partial charge in [-0.2, -0.15) is 5.26 Å². The molecule has 2 unspecified atom stereocenters. The molecule has 0 spiro atoms. The SMILES string of the molecule is COCCOCOC(=O)C(CC(CC(C)(C)C#N)C(=O)OCCN(C)C)SC(=S)c1ccccc1. The van der Waals surface area contributed by atoms with Gasteiger partial charge in [-0.25, -0.2) is 0 Å². The minimum Gasteiger partial charge on any atom is -0.464 e. The molecule has 0 N–H and O–H groups in total. The van der Waals surface area contributed by atoms with Crippen molar-refractivity contribution >= 4 is 40.1 Å². The molecule has 1 aromatic rings. The van der Waals surface area contributed by atoms with Crippen molar-refractivity contribution in [3.8, 4) is 6.07 Å². The minimum absolute atomic E-state index is 0.112. The first-order valence-electron chi connectivity index (χ1n) is 11.3. The number of rotatable bonds is 16. The van der Waals surface area contributed by atoms with Crippen LogP contribution in [0.1, 0.15) is 32.3 Å². The molecule has 0 saturated carbocycles. The molecule has 35 heavy (non-hydrogen) atoms. The van der Waals surface area contributed by atoms with Gasteiger partial charge >= 0.3 is 11.9 Å². The lowest BCUT2D eigenvalue weighted by atomic mass is 9.82. The van der Waals surface area contributed by atoms with Crippen molar-refractivity contribution in [3.05, 3.63) is 35.9 Å². The molecule has 194 valence electrons. The number of nitriles is 1. The predicted molar refractivity (Wildman–Crippen MR) is 140 cm³/mol. The summed E-state index contributed by atoms with van der Waals surface area (Å²) >= 11 is 6.73. The van der Waals surface area contributed by atoms with Crippen molar-refractivity contribution < 1.29 is 28.5 Å². The van der Waals surface area contributed by atoms with E-state index in [0.717, 1.165) is 17.3 Å². The number of likely N-dealkylation sites (N-methyl/N-ethyl adjacent to an activating group) is 1. The monoisotopic (exact) mass is 524 g/mol. The maximum absolute atomic E-state index is 13.0. The van der Waals surface area contributed by atoms with Crippen molar-refractivity contribution in [1.29, 1.82) is 5.26 Å². The highest BCUT2D eigenvalue weighted by molar-refractivity contribution is 8.24. The summed E-state index contributed by atoms with van der Waals surface area (Å²) in [5.41, 5.74) is 0.0113. The average molecular weight is 525 g/mol. The third-order valence-electron chi connectivity index (χ3n) is 4.91. The quantitative estimate of drug-likeness (QED) is 0.138. The standard InChI is InChI=1S/C25H36N2O6S2/c1-25(2,17-26)16-20(22(28)32-12-11-27(3)4)15-21(23(29)33-18-31-14-13-30-5)35-24(34)19-9-7-6-8-10-19/h6-10,20-21H,11-16,18H2,1-5H3. The lowest BCUT2D eigenvalue weighted by molar-refractivity contribution is -0.157. The Morgan fingerprint density at radius 3 is 2.40 bits per heavy atom. The van der Waals surface area contributed by atoms with E-state index in [1.54, 1.807) is 21.0 Å². The van der Waals surface area contributed by atoms with Gasteiger partial charge in [0.25, 0.3) is 0 Å². The molecular formula is C25H36N2O6S2. The molecule has 0 radical (unpaired) electrons. The van der Waals surface area contributed by atoms with Crippen molar-refractivity contribution in [2.45, 2.75) is 31.9 Å². The van der Waals surface area contributed by atoms with Crippen LogP contribution in [0.3, 0.4) is 0 Å². The molecule has 0 heterocycles. The third-order valence-corrected chi connectivity index (χ3v) is 6.56. The molecule has 1 aromatic carbocycles. The Bertz CT molecular complexity index is 842. The number of hydrogen-bond donors (Lipinski definition) is 0. The van der Waals surface area contributed by atoms with E-state index in [1.807, 2.05) is 49.3 Å². The Balaban J connectivity index is 3.04. The number of nitrogens with zero attached hydrogens (tertiary/aromatic N) is 2. The fourth-order valence-corrected chi connectivity index (χ4v) is 4.50. The number of thioether (sulfide) groups is 1. The number of carbonyl (C=O) groups excluding carboxylic acids is 2. The second kappa shape index (κ2) is 16.6. The van der Waals surface area contributed by atoms with Crippen LogP contribution >= 0.6 is 24.0 Å². The zero-order chi connectivity index (χ0) is 26.3. The molecule has 8 nitrogen and oxygen atoms in total. The normalized spacial score (nSPS) is 13.1. The summed E-state index contributed by atoms with van der Waals surface area (Å²) in [5.74, 6) is -1.69. The zero-order valence-corrected chi connectivity index (χ0v) is 22.8. The topological polar surface area (TPSA) is 98.1 Å². The second-order valence-electron chi connectivity index (χ2n) is 8.85. The van der Waals surface area contributed by atoms with Crippen molar-refractivity contribution in [2.24, 2.45) is 11.3 Å². The molecular weight excluding hydrogens is 488 g/mol. The highest BCUT2D eigenvalue weighted by atomic mass is 32.2. The molecule has 0 aliphatic heterocycles. The van der Waals surface area contributed by atoms with Gasteiger partial charge in [-0.05, 0) is 46.3 Å². The lowest BCUT2D eigenvalue weighted by Crippen LogP contribution is -2.32. The summed E-state index contributed by atoms with van der Waals surface area (Å²) in [7, 11) is 5.31. The van der Waals surface area contributed by atoms with Crippen molar-refractivity contribution in [3.63, 3.8) is 0 Å². The average Bonchev–Trinajstić information content (AvgIpc) is 2.82. The van der Waals surface area contributed by atoms with Crippen LogP contribution in [0, 0.1) is 22.7 Å². The van der Waals surface area contributed by atoms with Crippen LogP contribution < -0.4 is 0 Å². The summed E-state index contributed by atoms with van der Waals surface area (Å²) in [6.07, 6.45) is 0.345. The van der Waals surface area contributed by atoms with E-state index in [1.165, 1.54) is 0 Å². The van der Waals surface area contributed by atoms with Gasteiger partial charge in [-0.3, -0.25) is 9.59 Å². The Hall–Kier alpha value is -2.03. The fourth-order valence-electron chi connectivity index (χ4n) is 2.99. The molecule has 0 amide bonds. The van der Waals surface area contributed by atoms with Crippen LogP contribution in [0.25, 0.3) is 0 Å². The van der Waals surface area contributed by atoms with Gasteiger partial charge in [-0.1, -0.05) is 54.3 Å². The maximum Gasteiger partial charge on any atom is 0.321 e. The predicted octanol–water partition coefficient (Wildman–Crippen LogP) is 3.68. The van der Waals surface area contributed by atoms with Crippen molar-refractivity contribution in [1.82, 2.24) is 4.90 Å². The van der Waals surface area contributed by atoms with Gasteiger partial charge in [0.05, 0.1) is 34.8 Å². The molecule has 0 aliphatic rings. The Labute approximate surface area is 218 Å². The summed E-state index contributed by atoms with van der Waals surface area (Å²) in [6.45, 7) is 4.71. The first kappa shape index (κ1) is 31.0. The number of thiocarbonyl (C=S) groups is 1. The van der Waals surface area contributed by atoms with E-state index < -0.39 is 28.5 Å². The highest BCUT2D eigenvalue weighted by Crippen LogP contribution is 2.33. The van der Waals surface area contributed by atoms with E-state index in [0.29, 0.717) is 17.3 Å². The van der Waals surface area contributed by atoms with Gasteiger partial charge in [0.1, 0.15) is 11.9 Å². The number of benzene rings is 1.